The fraction of sp³-hybridized carbons (Fsp3) is 0.0667. The SMILES string of the molecule is CCC1[N-]c2ccccc2N1c1ccc(N2c3ccccc3-c3c(n(-c4ccc5ccccc5c4)c4ccccc34)-c3ccccc32)cc1. The van der Waals surface area contributed by atoms with E-state index in [4.69, 9.17) is 5.32 Å². The molecule has 49 heavy (non-hydrogen) atoms. The van der Waals surface area contributed by atoms with Crippen LogP contribution in [0.2, 0.25) is 0 Å². The van der Waals surface area contributed by atoms with Gasteiger partial charge in [-0.1, -0.05) is 116 Å². The van der Waals surface area contributed by atoms with Crippen molar-refractivity contribution in [2.24, 2.45) is 0 Å². The second-order valence-corrected chi connectivity index (χ2v) is 12.9. The van der Waals surface area contributed by atoms with Crippen molar-refractivity contribution in [3.8, 4) is 28.1 Å². The zero-order chi connectivity index (χ0) is 32.5. The third-order valence-electron chi connectivity index (χ3n) is 10.2. The minimum absolute atomic E-state index is 0.0937. The summed E-state index contributed by atoms with van der Waals surface area (Å²) in [4.78, 5) is 4.81. The maximum Gasteiger partial charge on any atom is 0.0641 e. The number of hydrogen-bond acceptors (Lipinski definition) is 2. The lowest BCUT2D eigenvalue weighted by Crippen LogP contribution is -2.24. The fourth-order valence-corrected chi connectivity index (χ4v) is 8.01. The molecule has 0 saturated heterocycles. The molecule has 1 aromatic heterocycles. The summed E-state index contributed by atoms with van der Waals surface area (Å²) in [5, 5.41) is 8.73. The summed E-state index contributed by atoms with van der Waals surface area (Å²) >= 11 is 0. The molecule has 0 spiro atoms. The molecule has 1 atom stereocenters. The summed E-state index contributed by atoms with van der Waals surface area (Å²) < 4.78 is 2.47. The molecule has 0 aliphatic carbocycles. The van der Waals surface area contributed by atoms with Crippen molar-refractivity contribution in [3.05, 3.63) is 169 Å². The van der Waals surface area contributed by atoms with E-state index >= 15 is 0 Å². The Hall–Kier alpha value is -6.26. The topological polar surface area (TPSA) is 25.5 Å². The molecule has 0 amide bonds. The van der Waals surface area contributed by atoms with Gasteiger partial charge in [-0.25, -0.2) is 0 Å². The monoisotopic (exact) mass is 629 g/mol. The summed E-state index contributed by atoms with van der Waals surface area (Å²) in [7, 11) is 0. The number of benzene rings is 7. The summed E-state index contributed by atoms with van der Waals surface area (Å²) in [6, 6.07) is 59.5. The van der Waals surface area contributed by atoms with Crippen molar-refractivity contribution in [1.29, 1.82) is 0 Å². The molecule has 1 unspecified atom stereocenters. The van der Waals surface area contributed by atoms with Gasteiger partial charge in [0.25, 0.3) is 0 Å². The van der Waals surface area contributed by atoms with Gasteiger partial charge in [0.2, 0.25) is 0 Å². The molecule has 0 radical (unpaired) electrons. The third-order valence-corrected chi connectivity index (χ3v) is 10.2. The molecule has 2 aliphatic rings. The molecule has 3 heterocycles. The Morgan fingerprint density at radius 2 is 1.14 bits per heavy atom. The lowest BCUT2D eigenvalue weighted by atomic mass is 9.98. The van der Waals surface area contributed by atoms with E-state index in [1.807, 2.05) is 0 Å². The van der Waals surface area contributed by atoms with Gasteiger partial charge in [-0.3, -0.25) is 0 Å². The van der Waals surface area contributed by atoms with Gasteiger partial charge in [0.1, 0.15) is 0 Å². The van der Waals surface area contributed by atoms with Crippen molar-refractivity contribution >= 4 is 55.8 Å². The molecule has 234 valence electrons. The highest BCUT2D eigenvalue weighted by Crippen LogP contribution is 2.55. The van der Waals surface area contributed by atoms with Crippen molar-refractivity contribution in [2.75, 3.05) is 9.80 Å². The highest BCUT2D eigenvalue weighted by atomic mass is 15.3. The van der Waals surface area contributed by atoms with E-state index in [2.05, 4.69) is 185 Å². The van der Waals surface area contributed by atoms with Gasteiger partial charge in [0.15, 0.2) is 0 Å². The van der Waals surface area contributed by atoms with Crippen LogP contribution in [0.3, 0.4) is 0 Å². The Kier molecular flexibility index (Phi) is 6.18. The molecule has 4 heteroatoms. The van der Waals surface area contributed by atoms with Gasteiger partial charge < -0.3 is 19.7 Å². The Balaban J connectivity index is 1.20. The molecule has 2 aliphatic heterocycles. The smallest absolute Gasteiger partial charge is 0.0641 e. The number of rotatable bonds is 4. The highest BCUT2D eigenvalue weighted by Gasteiger charge is 2.31. The molecule has 8 aromatic rings. The predicted molar refractivity (Wildman–Crippen MR) is 206 cm³/mol. The van der Waals surface area contributed by atoms with Gasteiger partial charge >= 0.3 is 0 Å². The normalized spacial score (nSPS) is 14.6. The minimum Gasteiger partial charge on any atom is -0.663 e. The molecule has 10 rings (SSSR count). The Morgan fingerprint density at radius 3 is 1.96 bits per heavy atom. The number of nitrogens with zero attached hydrogens (tertiary/aromatic N) is 4. The Labute approximate surface area is 286 Å². The number of anilines is 5. The van der Waals surface area contributed by atoms with E-state index in [1.165, 1.54) is 49.7 Å². The van der Waals surface area contributed by atoms with Crippen LogP contribution >= 0.6 is 0 Å². The molecule has 0 N–H and O–H groups in total. The van der Waals surface area contributed by atoms with Crippen LogP contribution in [0, 0.1) is 0 Å². The Morgan fingerprint density at radius 1 is 0.531 bits per heavy atom. The van der Waals surface area contributed by atoms with Crippen LogP contribution in [-0.4, -0.2) is 10.7 Å². The van der Waals surface area contributed by atoms with Gasteiger partial charge in [0.05, 0.1) is 22.6 Å². The van der Waals surface area contributed by atoms with Crippen LogP contribution < -0.4 is 9.80 Å². The van der Waals surface area contributed by atoms with Crippen molar-refractivity contribution in [1.82, 2.24) is 4.57 Å². The number of aromatic nitrogens is 1. The zero-order valence-electron chi connectivity index (χ0n) is 27.2. The largest absolute Gasteiger partial charge is 0.663 e. The molecule has 7 aromatic carbocycles. The summed E-state index contributed by atoms with van der Waals surface area (Å²) in [6.45, 7) is 2.21. The third kappa shape index (κ3) is 4.17. The lowest BCUT2D eigenvalue weighted by Gasteiger charge is -2.34. The van der Waals surface area contributed by atoms with Gasteiger partial charge in [0, 0.05) is 44.8 Å². The minimum atomic E-state index is 0.0937. The highest BCUT2D eigenvalue weighted by molar-refractivity contribution is 6.13. The molecule has 4 nitrogen and oxygen atoms in total. The first-order valence-electron chi connectivity index (χ1n) is 17.1. The van der Waals surface area contributed by atoms with Gasteiger partial charge in [-0.15, -0.1) is 5.69 Å². The van der Waals surface area contributed by atoms with Crippen LogP contribution in [0.1, 0.15) is 13.3 Å². The standard InChI is InChI=1S/C45H33N4/c1-2-43-46-38-18-8-12-22-42(38)48(43)33-27-25-32(26-28-33)47-39-19-9-5-15-35(39)44-36-16-6-10-20-40(36)49(45(44)37-17-7-11-21-41(37)47)34-24-23-30-13-3-4-14-31(30)29-34/h3-29,43H,2H2,1H3/q-1. The van der Waals surface area contributed by atoms with Gasteiger partial charge in [-0.05, 0) is 77.6 Å². The zero-order valence-corrected chi connectivity index (χ0v) is 27.2. The van der Waals surface area contributed by atoms with Crippen LogP contribution in [0.15, 0.2) is 164 Å². The Bertz CT molecular complexity index is 2540. The number of fused-ring (bicyclic) bond motifs is 9. The van der Waals surface area contributed by atoms with Crippen molar-refractivity contribution in [2.45, 2.75) is 19.5 Å². The van der Waals surface area contributed by atoms with Crippen LogP contribution in [0.4, 0.5) is 34.1 Å². The lowest BCUT2D eigenvalue weighted by molar-refractivity contribution is 0.754. The van der Waals surface area contributed by atoms with Crippen LogP contribution in [0.25, 0.3) is 55.1 Å². The van der Waals surface area contributed by atoms with E-state index in [1.54, 1.807) is 0 Å². The summed E-state index contributed by atoms with van der Waals surface area (Å²) in [5.74, 6) is 0. The van der Waals surface area contributed by atoms with E-state index < -0.39 is 0 Å². The second-order valence-electron chi connectivity index (χ2n) is 12.9. The first-order chi connectivity index (χ1) is 24.3. The van der Waals surface area contributed by atoms with E-state index in [0.29, 0.717) is 0 Å². The number of para-hydroxylation sites is 5. The molecule has 0 bridgehead atoms. The first-order valence-corrected chi connectivity index (χ1v) is 17.1. The van der Waals surface area contributed by atoms with Crippen LogP contribution in [0.5, 0.6) is 0 Å². The maximum atomic E-state index is 5.02. The molecular formula is C45H33N4-. The number of hydrogen-bond donors (Lipinski definition) is 0. The van der Waals surface area contributed by atoms with Gasteiger partial charge in [-0.2, -0.15) is 0 Å². The maximum absolute atomic E-state index is 5.02. The molecular weight excluding hydrogens is 597 g/mol. The van der Waals surface area contributed by atoms with E-state index in [0.717, 1.165) is 40.5 Å². The second kappa shape index (κ2) is 10.9. The van der Waals surface area contributed by atoms with Crippen molar-refractivity contribution in [3.63, 3.8) is 0 Å². The average molecular weight is 630 g/mol. The molecule has 0 saturated carbocycles. The molecule has 0 fully saturated rings. The fourth-order valence-electron chi connectivity index (χ4n) is 8.01. The average Bonchev–Trinajstić information content (AvgIpc) is 3.68. The van der Waals surface area contributed by atoms with Crippen molar-refractivity contribution < 1.29 is 0 Å². The van der Waals surface area contributed by atoms with Crippen LogP contribution in [-0.2, 0) is 0 Å². The van der Waals surface area contributed by atoms with E-state index in [9.17, 15) is 0 Å². The summed E-state index contributed by atoms with van der Waals surface area (Å²) in [5.41, 5.74) is 14.0. The van der Waals surface area contributed by atoms with E-state index in [-0.39, 0.29) is 6.17 Å². The summed E-state index contributed by atoms with van der Waals surface area (Å²) in [6.07, 6.45) is 1.03. The first kappa shape index (κ1) is 27.8. The quantitative estimate of drug-likeness (QED) is 0.194. The predicted octanol–water partition coefficient (Wildman–Crippen LogP) is 12.8.